The summed E-state index contributed by atoms with van der Waals surface area (Å²) in [7, 11) is 0. The Labute approximate surface area is 61.7 Å². The summed E-state index contributed by atoms with van der Waals surface area (Å²) >= 11 is 0. The van der Waals surface area contributed by atoms with Gasteiger partial charge in [0, 0.05) is 12.1 Å². The number of aromatic nitrogens is 2. The summed E-state index contributed by atoms with van der Waals surface area (Å²) in [4.78, 5) is 7.42. The van der Waals surface area contributed by atoms with Gasteiger partial charge >= 0.3 is 0 Å². The lowest BCUT2D eigenvalue weighted by Crippen LogP contribution is -1.89. The molecule has 0 amide bonds. The zero-order valence-electron chi connectivity index (χ0n) is 6.52. The Morgan fingerprint density at radius 2 is 2.40 bits per heavy atom. The molecular formula is C8H13N2. The first-order chi connectivity index (χ1) is 4.74. The van der Waals surface area contributed by atoms with Crippen molar-refractivity contribution in [3.05, 3.63) is 24.6 Å². The van der Waals surface area contributed by atoms with Crippen molar-refractivity contribution < 1.29 is 0 Å². The molecule has 1 heterocycles. The molecule has 10 heavy (non-hydrogen) atoms. The number of H-pyrrole nitrogens is 1. The number of nitrogens with one attached hydrogen (secondary N) is 1. The van der Waals surface area contributed by atoms with E-state index in [1.807, 2.05) is 6.20 Å². The van der Waals surface area contributed by atoms with Crippen LogP contribution in [0, 0.1) is 6.92 Å². The van der Waals surface area contributed by atoms with Crippen molar-refractivity contribution in [2.24, 2.45) is 0 Å². The minimum absolute atomic E-state index is 0.486. The maximum absolute atomic E-state index is 4.31. The van der Waals surface area contributed by atoms with Crippen molar-refractivity contribution in [1.29, 1.82) is 0 Å². The van der Waals surface area contributed by atoms with E-state index in [0.717, 1.165) is 17.9 Å². The summed E-state index contributed by atoms with van der Waals surface area (Å²) in [6, 6.07) is 0. The highest BCUT2D eigenvalue weighted by molar-refractivity contribution is 5.04. The molecule has 0 atom stereocenters. The monoisotopic (exact) mass is 137 g/mol. The molecule has 1 rings (SSSR count). The maximum Gasteiger partial charge on any atom is 0.108 e. The lowest BCUT2D eigenvalue weighted by Gasteiger charge is -1.96. The highest BCUT2D eigenvalue weighted by atomic mass is 14.9. The van der Waals surface area contributed by atoms with Crippen LogP contribution in [0.5, 0.6) is 0 Å². The van der Waals surface area contributed by atoms with E-state index < -0.39 is 0 Å². The molecule has 1 N–H and O–H groups in total. The standard InChI is InChI=1S/C8H13N2/c1-4-7-5-9-8(10-7)6(2)3/h5-6H,1,4H2,2-3H3,(H,9,10). The molecule has 55 valence electrons. The number of imidazole rings is 1. The minimum Gasteiger partial charge on any atom is -0.348 e. The molecule has 0 unspecified atom stereocenters. The SMILES string of the molecule is [CH2]Cc1c[nH]c(C(C)C)n1. The third kappa shape index (κ3) is 1.38. The Balaban J connectivity index is 2.78. The number of hydrogen-bond donors (Lipinski definition) is 1. The van der Waals surface area contributed by atoms with Gasteiger partial charge in [0.1, 0.15) is 5.82 Å². The van der Waals surface area contributed by atoms with Gasteiger partial charge < -0.3 is 4.98 Å². The molecule has 0 fully saturated rings. The highest BCUT2D eigenvalue weighted by Gasteiger charge is 2.02. The second-order valence-corrected chi connectivity index (χ2v) is 2.68. The van der Waals surface area contributed by atoms with Gasteiger partial charge in [0.15, 0.2) is 0 Å². The molecule has 0 bridgehead atoms. The van der Waals surface area contributed by atoms with Crippen molar-refractivity contribution in [2.75, 3.05) is 0 Å². The fourth-order valence-electron chi connectivity index (χ4n) is 0.800. The van der Waals surface area contributed by atoms with E-state index in [2.05, 4.69) is 30.7 Å². The first kappa shape index (κ1) is 7.32. The molecule has 0 spiro atoms. The smallest absolute Gasteiger partial charge is 0.108 e. The van der Waals surface area contributed by atoms with Crippen molar-refractivity contribution in [3.8, 4) is 0 Å². The fraction of sp³-hybridized carbons (Fsp3) is 0.500. The molecule has 1 radical (unpaired) electrons. The number of aromatic amines is 1. The quantitative estimate of drug-likeness (QED) is 0.662. The third-order valence-electron chi connectivity index (χ3n) is 1.45. The second kappa shape index (κ2) is 2.86. The first-order valence-electron chi connectivity index (χ1n) is 3.57. The predicted octanol–water partition coefficient (Wildman–Crippen LogP) is 1.91. The van der Waals surface area contributed by atoms with Gasteiger partial charge in [0.2, 0.25) is 0 Å². The summed E-state index contributed by atoms with van der Waals surface area (Å²) in [5.41, 5.74) is 1.05. The zero-order valence-corrected chi connectivity index (χ0v) is 6.52. The van der Waals surface area contributed by atoms with Gasteiger partial charge in [-0.05, 0) is 13.3 Å². The van der Waals surface area contributed by atoms with E-state index in [-0.39, 0.29) is 0 Å². The number of rotatable bonds is 2. The molecule has 0 aliphatic rings. The lowest BCUT2D eigenvalue weighted by molar-refractivity contribution is 0.790. The van der Waals surface area contributed by atoms with Crippen LogP contribution in [0.2, 0.25) is 0 Å². The molecule has 0 aliphatic carbocycles. The van der Waals surface area contributed by atoms with Gasteiger partial charge in [-0.1, -0.05) is 13.8 Å². The Kier molecular flexibility index (Phi) is 2.10. The lowest BCUT2D eigenvalue weighted by atomic mass is 10.2. The fourth-order valence-corrected chi connectivity index (χ4v) is 0.800. The van der Waals surface area contributed by atoms with Crippen molar-refractivity contribution in [1.82, 2.24) is 9.97 Å². The number of hydrogen-bond acceptors (Lipinski definition) is 1. The summed E-state index contributed by atoms with van der Waals surface area (Å²) in [5.74, 6) is 1.54. The third-order valence-corrected chi connectivity index (χ3v) is 1.45. The molecule has 0 aromatic carbocycles. The van der Waals surface area contributed by atoms with Crippen molar-refractivity contribution in [2.45, 2.75) is 26.2 Å². The van der Waals surface area contributed by atoms with Crippen LogP contribution in [-0.2, 0) is 6.42 Å². The highest BCUT2D eigenvalue weighted by Crippen LogP contribution is 2.09. The molecule has 1 aromatic heterocycles. The number of nitrogens with zero attached hydrogens (tertiary/aromatic N) is 1. The van der Waals surface area contributed by atoms with Crippen LogP contribution in [0.25, 0.3) is 0 Å². The van der Waals surface area contributed by atoms with E-state index in [0.29, 0.717) is 5.92 Å². The normalized spacial score (nSPS) is 10.8. The average Bonchev–Trinajstić information content (AvgIpc) is 2.34. The van der Waals surface area contributed by atoms with E-state index in [1.54, 1.807) is 0 Å². The zero-order chi connectivity index (χ0) is 7.56. The van der Waals surface area contributed by atoms with Crippen LogP contribution >= 0.6 is 0 Å². The maximum atomic E-state index is 4.31. The van der Waals surface area contributed by atoms with Crippen molar-refractivity contribution >= 4 is 0 Å². The Bertz CT molecular complexity index is 201. The van der Waals surface area contributed by atoms with Gasteiger partial charge in [-0.25, -0.2) is 4.98 Å². The minimum atomic E-state index is 0.486. The van der Waals surface area contributed by atoms with Crippen LogP contribution < -0.4 is 0 Å². The molecule has 1 aromatic rings. The van der Waals surface area contributed by atoms with E-state index in [4.69, 9.17) is 0 Å². The molecule has 2 heteroatoms. The first-order valence-corrected chi connectivity index (χ1v) is 3.57. The molecule has 0 saturated heterocycles. The van der Waals surface area contributed by atoms with Crippen LogP contribution in [0.4, 0.5) is 0 Å². The molecule has 2 nitrogen and oxygen atoms in total. The summed E-state index contributed by atoms with van der Waals surface area (Å²) in [6.45, 7) is 7.98. The predicted molar refractivity (Wildman–Crippen MR) is 41.7 cm³/mol. The second-order valence-electron chi connectivity index (χ2n) is 2.68. The summed E-state index contributed by atoms with van der Waals surface area (Å²) in [5, 5.41) is 0. The average molecular weight is 137 g/mol. The Morgan fingerprint density at radius 1 is 1.70 bits per heavy atom. The van der Waals surface area contributed by atoms with Gasteiger partial charge in [-0.2, -0.15) is 0 Å². The molecular weight excluding hydrogens is 124 g/mol. The van der Waals surface area contributed by atoms with E-state index in [1.165, 1.54) is 0 Å². The van der Waals surface area contributed by atoms with Crippen LogP contribution in [0.1, 0.15) is 31.3 Å². The van der Waals surface area contributed by atoms with Gasteiger partial charge in [-0.15, -0.1) is 0 Å². The molecule has 0 saturated carbocycles. The van der Waals surface area contributed by atoms with Crippen LogP contribution in [-0.4, -0.2) is 9.97 Å². The van der Waals surface area contributed by atoms with Gasteiger partial charge in [0.25, 0.3) is 0 Å². The van der Waals surface area contributed by atoms with Gasteiger partial charge in [0.05, 0.1) is 5.69 Å². The van der Waals surface area contributed by atoms with Crippen molar-refractivity contribution in [3.63, 3.8) is 0 Å². The topological polar surface area (TPSA) is 28.7 Å². The van der Waals surface area contributed by atoms with Crippen LogP contribution in [0.15, 0.2) is 6.20 Å². The summed E-state index contributed by atoms with van der Waals surface area (Å²) in [6.07, 6.45) is 2.69. The van der Waals surface area contributed by atoms with Gasteiger partial charge in [-0.3, -0.25) is 0 Å². The van der Waals surface area contributed by atoms with E-state index in [9.17, 15) is 0 Å². The van der Waals surface area contributed by atoms with Crippen LogP contribution in [0.3, 0.4) is 0 Å². The molecule has 0 aliphatic heterocycles. The Hall–Kier alpha value is -0.790. The Morgan fingerprint density at radius 3 is 2.70 bits per heavy atom. The summed E-state index contributed by atoms with van der Waals surface area (Å²) < 4.78 is 0. The van der Waals surface area contributed by atoms with E-state index >= 15 is 0 Å². The largest absolute Gasteiger partial charge is 0.348 e.